The van der Waals surface area contributed by atoms with Gasteiger partial charge >= 0.3 is 12.1 Å². The number of H-pyrrole nitrogens is 1. The van der Waals surface area contributed by atoms with Gasteiger partial charge in [0.15, 0.2) is 22.9 Å². The molecule has 24 heteroatoms. The Morgan fingerprint density at radius 2 is 1.22 bits per heavy atom. The number of aromatic amines is 1. The summed E-state index contributed by atoms with van der Waals surface area (Å²) in [5, 5.41) is 24.6. The zero-order valence-corrected chi connectivity index (χ0v) is 58.5. The Balaban J connectivity index is 0.000000147. The number of piperidine rings is 2. The summed E-state index contributed by atoms with van der Waals surface area (Å²) in [6, 6.07) is 26.6. The number of carbonyl (C=O) groups is 4. The largest absolute Gasteiger partial charge is 0.497 e. The van der Waals surface area contributed by atoms with Gasteiger partial charge in [0, 0.05) is 133 Å². The monoisotopic (exact) mass is 1400 g/mol. The van der Waals surface area contributed by atoms with Gasteiger partial charge in [0.1, 0.15) is 28.8 Å². The Morgan fingerprint density at radius 3 is 1.83 bits per heavy atom. The van der Waals surface area contributed by atoms with Crippen molar-refractivity contribution in [2.24, 2.45) is 0 Å². The number of benzene rings is 3. The van der Waals surface area contributed by atoms with Gasteiger partial charge in [-0.25, -0.2) is 33.0 Å². The first-order valence-electron chi connectivity index (χ1n) is 34.4. The molecule has 4 aliphatic heterocycles. The van der Waals surface area contributed by atoms with E-state index in [9.17, 15) is 23.6 Å². The Hall–Kier alpha value is -9.32. The first-order valence-corrected chi connectivity index (χ1v) is 35.5. The number of aryl methyl sites for hydroxylation is 2. The lowest BCUT2D eigenvalue weighted by molar-refractivity contribution is 0.0687. The lowest BCUT2D eigenvalue weighted by atomic mass is 9.98. The van der Waals surface area contributed by atoms with Gasteiger partial charge in [-0.1, -0.05) is 52.3 Å². The molecule has 4 N–H and O–H groups in total. The Morgan fingerprint density at radius 1 is 0.653 bits per heavy atom. The first-order chi connectivity index (χ1) is 47.4. The van der Waals surface area contributed by atoms with Crippen molar-refractivity contribution in [1.29, 1.82) is 0 Å². The van der Waals surface area contributed by atoms with Crippen LogP contribution in [0.3, 0.4) is 0 Å². The summed E-state index contributed by atoms with van der Waals surface area (Å²) in [6.07, 6.45) is 16.2. The minimum absolute atomic E-state index is 0.00129. The van der Waals surface area contributed by atoms with Crippen molar-refractivity contribution < 1.29 is 32.7 Å². The van der Waals surface area contributed by atoms with Crippen molar-refractivity contribution in [2.75, 3.05) is 72.1 Å². The molecule has 15 rings (SSSR count). The molecule has 9 aromatic rings. The number of halogens is 3. The van der Waals surface area contributed by atoms with Crippen LogP contribution in [0, 0.1) is 11.6 Å². The zero-order valence-electron chi connectivity index (χ0n) is 56.9. The molecule has 98 heavy (non-hydrogen) atoms. The van der Waals surface area contributed by atoms with Gasteiger partial charge in [0.25, 0.3) is 11.8 Å². The quantitative estimate of drug-likeness (QED) is 0.0845. The average Bonchev–Trinajstić information content (AvgIpc) is 1.69. The van der Waals surface area contributed by atoms with E-state index in [1.807, 2.05) is 63.0 Å². The number of alkyl halides is 1. The molecule has 10 heterocycles. The number of nitrogens with zero attached hydrogens (tertiary/aromatic N) is 12. The first kappa shape index (κ1) is 67.3. The number of amides is 6. The number of hydrogen-bond acceptors (Lipinski definition) is 11. The minimum Gasteiger partial charge on any atom is -0.497 e. The van der Waals surface area contributed by atoms with Gasteiger partial charge in [0.2, 0.25) is 0 Å². The predicted molar refractivity (Wildman–Crippen MR) is 380 cm³/mol. The average molecular weight is 1400 g/mol. The molecule has 0 radical (unpaired) electrons. The van der Waals surface area contributed by atoms with Gasteiger partial charge in [-0.15, -0.1) is 0 Å². The van der Waals surface area contributed by atoms with Crippen LogP contribution in [0.2, 0.25) is 0 Å². The summed E-state index contributed by atoms with van der Waals surface area (Å²) in [4.78, 5) is 68.5. The van der Waals surface area contributed by atoms with Crippen LogP contribution in [0.15, 0.2) is 97.3 Å². The number of rotatable bonds is 12. The molecule has 2 fully saturated rings. The third-order valence-corrected chi connectivity index (χ3v) is 20.9. The molecule has 3 aromatic carbocycles. The minimum atomic E-state index is -0.349. The second kappa shape index (κ2) is 29.0. The molecule has 0 unspecified atom stereocenters. The van der Waals surface area contributed by atoms with Gasteiger partial charge in [-0.3, -0.25) is 14.7 Å². The third kappa shape index (κ3) is 13.8. The van der Waals surface area contributed by atoms with E-state index in [-0.39, 0.29) is 66.2 Å². The molecule has 21 nitrogen and oxygen atoms in total. The van der Waals surface area contributed by atoms with E-state index in [0.717, 1.165) is 121 Å². The van der Waals surface area contributed by atoms with Gasteiger partial charge in [0.05, 0.1) is 24.4 Å². The molecular weight excluding hydrogens is 1310 g/mol. The predicted octanol–water partition coefficient (Wildman–Crippen LogP) is 12.3. The second-order valence-electron chi connectivity index (χ2n) is 27.2. The van der Waals surface area contributed by atoms with Crippen molar-refractivity contribution >= 4 is 73.5 Å². The zero-order chi connectivity index (χ0) is 68.5. The molecule has 514 valence electrons. The maximum absolute atomic E-state index is 15.7. The standard InChI is InChI=1S/C33H39FN8O2.C30H34BrFN6O2.C11H14N2O/c1-20-8-11-24(19-42(20)33(44)39(2)3)36-31-29-25(12-13-35-30(29)37-38-31)21-9-10-23(26(34)16-21)18-40-14-15-41-27-7-5-4-6-22(27)17-28(41)32(40)43;1-19-5-10-23(18-37(19)30(39)36(2)3)34-28-27-25(21-8-9-22(16-31)26(32)15-21)13-14-33-29(27)38(35-28)17-20-6-11-24(40-4)12-7-20;14-11-10-7-8-3-1-2-4-9(8)13(10)6-5-12-11/h9-10,12-13,16-17,20,24H,4-8,11,14-15,18-19H2,1-3H3,(H2,35,36,37,38);6-9,11-15,19,23H,5,10,16-18H2,1-4H3,(H,34,35);7H,1-6H2,(H,12,14)/t20-,24+;19-,23+;/m00./s1. The molecule has 0 spiro atoms. The van der Waals surface area contributed by atoms with Gasteiger partial charge < -0.3 is 54.3 Å². The highest BCUT2D eigenvalue weighted by molar-refractivity contribution is 9.08. The molecule has 0 bridgehead atoms. The number of hydrogen-bond donors (Lipinski definition) is 4. The SMILES string of the molecule is COc1ccc(Cn2nc(N[C@@H]3CC[C@H](C)N(C(=O)N(C)C)C3)c3c(-c4ccc(CBr)c(F)c4)ccnc32)cc1.C[C@H]1CC[C@@H](Nc2n[nH]c3nccc(-c4ccc(CN5CCn6c(cc7c6CCCC7)C5=O)c(F)c4)c23)CN1C(=O)N(C)C.O=C1NCCn2c1cc1c2CCCC1. The van der Waals surface area contributed by atoms with E-state index in [2.05, 4.69) is 82.2 Å². The van der Waals surface area contributed by atoms with Crippen molar-refractivity contribution in [3.8, 4) is 28.0 Å². The smallest absolute Gasteiger partial charge is 0.319 e. The number of pyridine rings is 2. The third-order valence-electron chi connectivity index (χ3n) is 20.3. The van der Waals surface area contributed by atoms with Gasteiger partial charge in [-0.05, 0) is 184 Å². The van der Waals surface area contributed by atoms with Crippen LogP contribution < -0.4 is 20.7 Å². The molecule has 4 atom stereocenters. The van der Waals surface area contributed by atoms with Crippen LogP contribution in [0.25, 0.3) is 44.3 Å². The van der Waals surface area contributed by atoms with Crippen LogP contribution in [0.1, 0.15) is 125 Å². The normalized spacial score (nSPS) is 18.9. The summed E-state index contributed by atoms with van der Waals surface area (Å²) in [5.41, 5.74) is 13.6. The van der Waals surface area contributed by atoms with Gasteiger partial charge in [-0.2, -0.15) is 10.2 Å². The fraction of sp³-hybridized carbons (Fsp3) is 0.432. The lowest BCUT2D eigenvalue weighted by Gasteiger charge is -2.39. The van der Waals surface area contributed by atoms with E-state index < -0.39 is 0 Å². The molecule has 6 aromatic heterocycles. The number of nitrogens with one attached hydrogen (secondary N) is 4. The van der Waals surface area contributed by atoms with Crippen LogP contribution in [-0.2, 0) is 57.2 Å². The number of aromatic nitrogens is 8. The maximum atomic E-state index is 15.7. The van der Waals surface area contributed by atoms with E-state index in [1.54, 1.807) is 80.6 Å². The van der Waals surface area contributed by atoms with E-state index >= 15 is 4.39 Å². The number of likely N-dealkylation sites (tertiary alicyclic amines) is 2. The summed E-state index contributed by atoms with van der Waals surface area (Å²) >= 11 is 3.36. The number of ether oxygens (including phenoxy) is 1. The number of methoxy groups -OCH3 is 1. The van der Waals surface area contributed by atoms with Crippen molar-refractivity contribution in [2.45, 2.75) is 147 Å². The maximum Gasteiger partial charge on any atom is 0.319 e. The molecule has 2 aliphatic carbocycles. The number of carbonyl (C=O) groups excluding carboxylic acids is 4. The molecule has 2 saturated heterocycles. The van der Waals surface area contributed by atoms with E-state index in [0.29, 0.717) is 71.1 Å². The van der Waals surface area contributed by atoms with E-state index in [1.165, 1.54) is 54.3 Å². The summed E-state index contributed by atoms with van der Waals surface area (Å²) < 4.78 is 42.1. The van der Waals surface area contributed by atoms with Crippen LogP contribution >= 0.6 is 15.9 Å². The number of urea groups is 2. The van der Waals surface area contributed by atoms with Crippen molar-refractivity contribution in [1.82, 2.24) is 68.9 Å². The van der Waals surface area contributed by atoms with Crippen LogP contribution in [-0.4, -0.2) is 173 Å². The Bertz CT molecular complexity index is 4440. The summed E-state index contributed by atoms with van der Waals surface area (Å²) in [6.45, 7) is 9.09. The fourth-order valence-corrected chi connectivity index (χ4v) is 15.4. The second-order valence-corrected chi connectivity index (χ2v) is 27.8. The van der Waals surface area contributed by atoms with Crippen LogP contribution in [0.5, 0.6) is 5.75 Å². The van der Waals surface area contributed by atoms with Crippen molar-refractivity contribution in [3.63, 3.8) is 0 Å². The van der Waals surface area contributed by atoms with Crippen molar-refractivity contribution in [3.05, 3.63) is 160 Å². The number of anilines is 2. The highest BCUT2D eigenvalue weighted by atomic mass is 79.9. The molecule has 6 aliphatic rings. The Labute approximate surface area is 578 Å². The summed E-state index contributed by atoms with van der Waals surface area (Å²) in [7, 11) is 8.73. The molecule has 0 saturated carbocycles. The summed E-state index contributed by atoms with van der Waals surface area (Å²) in [5.74, 6) is 1.56. The highest BCUT2D eigenvalue weighted by Gasteiger charge is 2.35. The lowest BCUT2D eigenvalue weighted by Crippen LogP contribution is -2.52. The topological polar surface area (TPSA) is 212 Å². The fourth-order valence-electron chi connectivity index (χ4n) is 14.9. The number of fused-ring (bicyclic) bond motifs is 8. The van der Waals surface area contributed by atoms with E-state index in [4.69, 9.17) is 14.8 Å². The molecular formula is C74H87BrF2N16O5. The molecule has 6 amide bonds. The Kier molecular flexibility index (Phi) is 19.9. The van der Waals surface area contributed by atoms with Crippen LogP contribution in [0.4, 0.5) is 30.0 Å². The highest BCUT2D eigenvalue weighted by Crippen LogP contribution is 2.38.